The fraction of sp³-hybridized carbons (Fsp3) is 0.289. The van der Waals surface area contributed by atoms with Crippen LogP contribution in [0.5, 0.6) is 0 Å². The summed E-state index contributed by atoms with van der Waals surface area (Å²) in [7, 11) is 0. The van der Waals surface area contributed by atoms with Gasteiger partial charge in [-0.2, -0.15) is 0 Å². The topological polar surface area (TPSA) is 126 Å². The summed E-state index contributed by atoms with van der Waals surface area (Å²) in [5, 5.41) is 15.5. The highest BCUT2D eigenvalue weighted by molar-refractivity contribution is 5.93. The van der Waals surface area contributed by atoms with Crippen molar-refractivity contribution in [3.63, 3.8) is 0 Å². The number of nitrogen functional groups attached to an aromatic ring is 1. The molecule has 1 aliphatic rings. The Kier molecular flexibility index (Phi) is 14.0. The number of rotatable bonds is 17. The summed E-state index contributed by atoms with van der Waals surface area (Å²) in [6, 6.07) is 43.7. The summed E-state index contributed by atoms with van der Waals surface area (Å²) in [5.41, 5.74) is 13.0. The number of amides is 2. The molecule has 5 N–H and O–H groups in total. The highest BCUT2D eigenvalue weighted by Gasteiger charge is 2.33. The maximum Gasteiger partial charge on any atom is 0.224 e. The van der Waals surface area contributed by atoms with Crippen LogP contribution in [-0.2, 0) is 38.8 Å². The third-order valence-electron chi connectivity index (χ3n) is 9.58. The van der Waals surface area contributed by atoms with Crippen molar-refractivity contribution in [2.75, 3.05) is 22.9 Å². The first-order valence-electron chi connectivity index (χ1n) is 18.8. The fourth-order valence-corrected chi connectivity index (χ4v) is 6.71. The Balaban J connectivity index is 1.06. The molecule has 6 rings (SSSR count). The zero-order chi connectivity index (χ0) is 37.5. The molecule has 0 aromatic heterocycles. The Hall–Kier alpha value is -5.32. The minimum Gasteiger partial charge on any atom is -0.397 e. The van der Waals surface area contributed by atoms with Gasteiger partial charge < -0.3 is 30.9 Å². The number of aliphatic hydroxyl groups excluding tert-OH is 1. The Labute approximate surface area is 318 Å². The van der Waals surface area contributed by atoms with E-state index in [1.165, 1.54) is 11.1 Å². The van der Waals surface area contributed by atoms with E-state index in [0.29, 0.717) is 55.7 Å². The van der Waals surface area contributed by atoms with Crippen molar-refractivity contribution in [1.82, 2.24) is 4.90 Å². The average Bonchev–Trinajstić information content (AvgIpc) is 3.19. The second kappa shape index (κ2) is 19.7. The maximum absolute atomic E-state index is 12.8. The lowest BCUT2D eigenvalue weighted by atomic mass is 9.99. The van der Waals surface area contributed by atoms with Crippen LogP contribution in [0.3, 0.4) is 0 Å². The number of carbonyl (C=O) groups excluding carboxylic acids is 2. The molecule has 2 amide bonds. The predicted molar refractivity (Wildman–Crippen MR) is 213 cm³/mol. The number of benzene rings is 5. The summed E-state index contributed by atoms with van der Waals surface area (Å²) in [6.07, 6.45) is 2.60. The van der Waals surface area contributed by atoms with E-state index >= 15 is 0 Å². The van der Waals surface area contributed by atoms with Gasteiger partial charge in [0, 0.05) is 50.1 Å². The highest BCUT2D eigenvalue weighted by atomic mass is 16.7. The van der Waals surface area contributed by atoms with E-state index < -0.39 is 6.29 Å². The van der Waals surface area contributed by atoms with Crippen molar-refractivity contribution in [2.24, 2.45) is 0 Å². The van der Waals surface area contributed by atoms with Crippen LogP contribution in [0.15, 0.2) is 133 Å². The molecule has 3 atom stereocenters. The third-order valence-corrected chi connectivity index (χ3v) is 9.58. The lowest BCUT2D eigenvalue weighted by molar-refractivity contribution is -0.253. The van der Waals surface area contributed by atoms with Crippen LogP contribution in [0.1, 0.15) is 78.7 Å². The molecule has 0 spiro atoms. The lowest BCUT2D eigenvalue weighted by Crippen LogP contribution is -2.39. The summed E-state index contributed by atoms with van der Waals surface area (Å²) in [6.45, 7) is 2.26. The monoisotopic (exact) mass is 726 g/mol. The average molecular weight is 727 g/mol. The van der Waals surface area contributed by atoms with Crippen LogP contribution in [0, 0.1) is 0 Å². The van der Waals surface area contributed by atoms with Crippen molar-refractivity contribution in [3.8, 4) is 0 Å². The van der Waals surface area contributed by atoms with Gasteiger partial charge >= 0.3 is 0 Å². The molecule has 1 saturated heterocycles. The quantitative estimate of drug-likeness (QED) is 0.0559. The third kappa shape index (κ3) is 11.6. The molecule has 1 fully saturated rings. The molecule has 9 heteroatoms. The molecular formula is C45H50N4O5. The van der Waals surface area contributed by atoms with Crippen molar-refractivity contribution in [1.29, 1.82) is 0 Å². The Morgan fingerprint density at radius 2 is 1.22 bits per heavy atom. The number of ether oxygens (including phenoxy) is 2. The van der Waals surface area contributed by atoms with Gasteiger partial charge in [0.15, 0.2) is 6.29 Å². The van der Waals surface area contributed by atoms with Crippen LogP contribution >= 0.6 is 0 Å². The largest absolute Gasteiger partial charge is 0.397 e. The Morgan fingerprint density at radius 3 is 1.83 bits per heavy atom. The molecular weight excluding hydrogens is 677 g/mol. The Bertz CT molecular complexity index is 1860. The summed E-state index contributed by atoms with van der Waals surface area (Å²) in [4.78, 5) is 27.5. The second-order valence-electron chi connectivity index (χ2n) is 13.9. The first-order valence-corrected chi connectivity index (χ1v) is 18.8. The summed E-state index contributed by atoms with van der Waals surface area (Å²) >= 11 is 0. The van der Waals surface area contributed by atoms with Gasteiger partial charge in [0.05, 0.1) is 30.2 Å². The number of hydrogen-bond acceptors (Lipinski definition) is 7. The van der Waals surface area contributed by atoms with Crippen molar-refractivity contribution in [2.45, 2.75) is 76.7 Å². The molecule has 5 aromatic rings. The van der Waals surface area contributed by atoms with Crippen molar-refractivity contribution >= 4 is 28.9 Å². The highest BCUT2D eigenvalue weighted by Crippen LogP contribution is 2.38. The summed E-state index contributed by atoms with van der Waals surface area (Å²) in [5.74, 6) is -0.157. The van der Waals surface area contributed by atoms with Gasteiger partial charge in [-0.15, -0.1) is 0 Å². The van der Waals surface area contributed by atoms with E-state index in [-0.39, 0.29) is 30.6 Å². The van der Waals surface area contributed by atoms with Gasteiger partial charge in [0.25, 0.3) is 0 Å². The van der Waals surface area contributed by atoms with Gasteiger partial charge in [0.1, 0.15) is 0 Å². The molecule has 9 nitrogen and oxygen atoms in total. The van der Waals surface area contributed by atoms with Crippen LogP contribution in [-0.4, -0.2) is 34.5 Å². The molecule has 1 heterocycles. The van der Waals surface area contributed by atoms with Gasteiger partial charge in [-0.05, 0) is 59.4 Å². The van der Waals surface area contributed by atoms with Crippen molar-refractivity contribution < 1.29 is 24.2 Å². The van der Waals surface area contributed by atoms with Crippen LogP contribution < -0.4 is 16.4 Å². The van der Waals surface area contributed by atoms with Crippen LogP contribution in [0.4, 0.5) is 17.1 Å². The first kappa shape index (κ1) is 38.4. The standard InChI is InChI=1S/C45H50N4O5/c46-40-16-10-11-17-41(40)48-44(52)19-9-3-8-18-43(51)47-38-26-24-37(25-27-38)45-53-39(28-42(54-45)36-22-20-35(32-50)21-23-36)31-49(29-33-12-4-1-5-13-33)30-34-14-6-2-7-15-34/h1-2,4-7,10-17,20-27,39,42,45,50H,3,8-9,18-19,28-32,46H2,(H,47,51)(H,48,52)/t39-,42+,45+/m1/s1. The normalized spacial score (nSPS) is 16.9. The van der Waals surface area contributed by atoms with Gasteiger partial charge in [-0.1, -0.05) is 116 Å². The first-order chi connectivity index (χ1) is 26.4. The molecule has 54 heavy (non-hydrogen) atoms. The zero-order valence-electron chi connectivity index (χ0n) is 30.6. The summed E-state index contributed by atoms with van der Waals surface area (Å²) < 4.78 is 13.3. The fourth-order valence-electron chi connectivity index (χ4n) is 6.71. The lowest BCUT2D eigenvalue weighted by Gasteiger charge is -2.38. The van der Waals surface area contributed by atoms with E-state index in [9.17, 15) is 14.7 Å². The van der Waals surface area contributed by atoms with Gasteiger partial charge in [-0.25, -0.2) is 0 Å². The number of carbonyl (C=O) groups is 2. The number of hydrogen-bond donors (Lipinski definition) is 4. The number of nitrogens with zero attached hydrogens (tertiary/aromatic N) is 1. The van der Waals surface area contributed by atoms with Gasteiger partial charge in [0.2, 0.25) is 11.8 Å². The molecule has 280 valence electrons. The van der Waals surface area contributed by atoms with E-state index in [4.69, 9.17) is 15.2 Å². The number of para-hydroxylation sites is 2. The molecule has 0 unspecified atom stereocenters. The van der Waals surface area contributed by atoms with Crippen LogP contribution in [0.25, 0.3) is 0 Å². The molecule has 1 aliphatic heterocycles. The van der Waals surface area contributed by atoms with Crippen molar-refractivity contribution in [3.05, 3.63) is 161 Å². The smallest absolute Gasteiger partial charge is 0.224 e. The number of nitrogens with one attached hydrogen (secondary N) is 2. The molecule has 5 aromatic carbocycles. The minimum absolute atomic E-state index is 0.0127. The van der Waals surface area contributed by atoms with E-state index in [2.05, 4.69) is 64.1 Å². The van der Waals surface area contributed by atoms with E-state index in [1.807, 2.05) is 72.8 Å². The molecule has 0 bridgehead atoms. The molecule has 0 saturated carbocycles. The number of nitrogens with two attached hydrogens (primary N) is 1. The number of aliphatic hydroxyl groups is 1. The zero-order valence-corrected chi connectivity index (χ0v) is 30.6. The maximum atomic E-state index is 12.8. The van der Waals surface area contributed by atoms with E-state index in [0.717, 1.165) is 36.2 Å². The molecule has 0 radical (unpaired) electrons. The number of anilines is 3. The van der Waals surface area contributed by atoms with E-state index in [1.54, 1.807) is 12.1 Å². The number of unbranched alkanes of at least 4 members (excludes halogenated alkanes) is 2. The predicted octanol–water partition coefficient (Wildman–Crippen LogP) is 8.54. The minimum atomic E-state index is -0.609. The second-order valence-corrected chi connectivity index (χ2v) is 13.9. The van der Waals surface area contributed by atoms with Crippen LogP contribution in [0.2, 0.25) is 0 Å². The van der Waals surface area contributed by atoms with Gasteiger partial charge in [-0.3, -0.25) is 14.5 Å². The Morgan fingerprint density at radius 1 is 0.648 bits per heavy atom. The molecule has 0 aliphatic carbocycles. The SMILES string of the molecule is Nc1ccccc1NC(=O)CCCCCC(=O)Nc1ccc([C@H]2O[C@@H](CN(Cc3ccccc3)Cc3ccccc3)C[C@@H](c3ccc(CO)cc3)O2)cc1.